The number of hydrogen-bond donors (Lipinski definition) is 1. The summed E-state index contributed by atoms with van der Waals surface area (Å²) < 4.78 is 31.5. The van der Waals surface area contributed by atoms with E-state index in [0.717, 1.165) is 16.8 Å². The van der Waals surface area contributed by atoms with Crippen LogP contribution in [0.4, 0.5) is 14.9 Å². The zero-order chi connectivity index (χ0) is 23.4. The lowest BCUT2D eigenvalue weighted by Crippen LogP contribution is -2.40. The summed E-state index contributed by atoms with van der Waals surface area (Å²) in [6.07, 6.45) is 1.49. The van der Waals surface area contributed by atoms with Gasteiger partial charge in [0.05, 0.1) is 11.7 Å². The van der Waals surface area contributed by atoms with Crippen molar-refractivity contribution in [2.45, 2.75) is 37.6 Å². The molecule has 0 aromatic heterocycles. The standard InChI is InChI=1S/C25H31FN2O5/c1-27(24(30)28-10-7-22(29)16-28)21-5-3-18(4-6-21)17-33-23-14-19(13-20(26)15-23)25(31-2)8-11-32-12-9-25/h3-6,13-15,22,29H,7-12,16-17H2,1-2H3/t22-/m1/s1. The number of β-amino-alcohol motifs (C(OH)–C–C–N with tert-alkyl or cyclic N) is 1. The van der Waals surface area contributed by atoms with Crippen molar-refractivity contribution in [3.05, 3.63) is 59.4 Å². The highest BCUT2D eigenvalue weighted by Crippen LogP contribution is 2.37. The number of aliphatic hydroxyl groups excluding tert-OH is 1. The largest absolute Gasteiger partial charge is 0.489 e. The average Bonchev–Trinajstić information content (AvgIpc) is 3.28. The second kappa shape index (κ2) is 10.1. The molecular formula is C25H31FN2O5. The van der Waals surface area contributed by atoms with Gasteiger partial charge in [-0.3, -0.25) is 4.90 Å². The van der Waals surface area contributed by atoms with Crippen LogP contribution in [0.3, 0.4) is 0 Å². The molecule has 33 heavy (non-hydrogen) atoms. The highest BCUT2D eigenvalue weighted by Gasteiger charge is 2.35. The van der Waals surface area contributed by atoms with Crippen LogP contribution >= 0.6 is 0 Å². The number of methoxy groups -OCH3 is 1. The Labute approximate surface area is 193 Å². The first-order valence-corrected chi connectivity index (χ1v) is 11.3. The van der Waals surface area contributed by atoms with Crippen molar-refractivity contribution in [3.63, 3.8) is 0 Å². The molecule has 7 nitrogen and oxygen atoms in total. The van der Waals surface area contributed by atoms with Gasteiger partial charge >= 0.3 is 6.03 Å². The molecule has 1 atom stereocenters. The Bertz CT molecular complexity index is 962. The van der Waals surface area contributed by atoms with Gasteiger partial charge in [-0.2, -0.15) is 0 Å². The molecule has 8 heteroatoms. The molecule has 0 aliphatic carbocycles. The number of carbonyl (C=O) groups is 1. The number of rotatable bonds is 6. The number of carbonyl (C=O) groups excluding carboxylic acids is 1. The van der Waals surface area contributed by atoms with Gasteiger partial charge in [0.2, 0.25) is 0 Å². The highest BCUT2D eigenvalue weighted by molar-refractivity contribution is 5.91. The molecule has 2 saturated heterocycles. The Kier molecular flexibility index (Phi) is 7.17. The molecule has 2 heterocycles. The monoisotopic (exact) mass is 458 g/mol. The van der Waals surface area contributed by atoms with Crippen LogP contribution in [0.15, 0.2) is 42.5 Å². The van der Waals surface area contributed by atoms with Gasteiger partial charge in [0.25, 0.3) is 0 Å². The molecule has 2 aliphatic heterocycles. The third-order valence-corrected chi connectivity index (χ3v) is 6.54. The number of urea groups is 1. The van der Waals surface area contributed by atoms with Crippen molar-refractivity contribution in [3.8, 4) is 5.75 Å². The van der Waals surface area contributed by atoms with Gasteiger partial charge < -0.3 is 24.2 Å². The number of anilines is 1. The van der Waals surface area contributed by atoms with Gasteiger partial charge in [-0.1, -0.05) is 12.1 Å². The Hall–Kier alpha value is -2.68. The van der Waals surface area contributed by atoms with Crippen molar-refractivity contribution >= 4 is 11.7 Å². The number of halogens is 1. The smallest absolute Gasteiger partial charge is 0.324 e. The summed E-state index contributed by atoms with van der Waals surface area (Å²) in [5.74, 6) is 0.0739. The maximum atomic E-state index is 14.4. The van der Waals surface area contributed by atoms with Crippen LogP contribution in [-0.4, -0.2) is 62.6 Å². The predicted octanol–water partition coefficient (Wildman–Crippen LogP) is 3.68. The van der Waals surface area contributed by atoms with Gasteiger partial charge in [-0.25, -0.2) is 9.18 Å². The number of aliphatic hydroxyl groups is 1. The quantitative estimate of drug-likeness (QED) is 0.715. The molecule has 2 aromatic rings. The van der Waals surface area contributed by atoms with Crippen LogP contribution < -0.4 is 9.64 Å². The first-order valence-electron chi connectivity index (χ1n) is 11.3. The molecule has 0 bridgehead atoms. The maximum absolute atomic E-state index is 14.4. The fourth-order valence-electron chi connectivity index (χ4n) is 4.44. The van der Waals surface area contributed by atoms with E-state index in [2.05, 4.69) is 0 Å². The van der Waals surface area contributed by atoms with E-state index in [-0.39, 0.29) is 18.5 Å². The Balaban J connectivity index is 1.40. The molecule has 2 aliphatic rings. The number of benzene rings is 2. The number of hydrogen-bond acceptors (Lipinski definition) is 5. The fraction of sp³-hybridized carbons (Fsp3) is 0.480. The van der Waals surface area contributed by atoms with Gasteiger partial charge in [0, 0.05) is 65.1 Å². The molecule has 0 saturated carbocycles. The van der Waals surface area contributed by atoms with E-state index in [4.69, 9.17) is 14.2 Å². The lowest BCUT2D eigenvalue weighted by atomic mass is 9.86. The molecule has 0 radical (unpaired) electrons. The first-order chi connectivity index (χ1) is 15.9. The van der Waals surface area contributed by atoms with Crippen molar-refractivity contribution in [2.75, 3.05) is 45.4 Å². The third-order valence-electron chi connectivity index (χ3n) is 6.54. The Morgan fingerprint density at radius 1 is 1.24 bits per heavy atom. The van der Waals surface area contributed by atoms with Crippen molar-refractivity contribution in [1.82, 2.24) is 4.90 Å². The van der Waals surface area contributed by atoms with Crippen LogP contribution in [0, 0.1) is 5.82 Å². The molecule has 2 fully saturated rings. The van der Waals surface area contributed by atoms with E-state index < -0.39 is 11.7 Å². The first kappa shape index (κ1) is 23.5. The summed E-state index contributed by atoms with van der Waals surface area (Å²) in [5, 5.41) is 9.66. The van der Waals surface area contributed by atoms with Crippen molar-refractivity contribution in [1.29, 1.82) is 0 Å². The Morgan fingerprint density at radius 3 is 2.61 bits per heavy atom. The average molecular weight is 459 g/mol. The fourth-order valence-corrected chi connectivity index (χ4v) is 4.44. The zero-order valence-electron chi connectivity index (χ0n) is 19.1. The summed E-state index contributed by atoms with van der Waals surface area (Å²) in [6.45, 7) is 2.33. The minimum absolute atomic E-state index is 0.136. The molecule has 2 amide bonds. The van der Waals surface area contributed by atoms with Crippen LogP contribution in [0.5, 0.6) is 5.75 Å². The van der Waals surface area contributed by atoms with E-state index in [1.807, 2.05) is 30.3 Å². The topological polar surface area (TPSA) is 71.5 Å². The van der Waals surface area contributed by atoms with Crippen LogP contribution in [0.25, 0.3) is 0 Å². The molecule has 4 rings (SSSR count). The molecule has 0 unspecified atom stereocenters. The second-order valence-electron chi connectivity index (χ2n) is 8.67. The summed E-state index contributed by atoms with van der Waals surface area (Å²) in [5.41, 5.74) is 1.84. The highest BCUT2D eigenvalue weighted by atomic mass is 19.1. The summed E-state index contributed by atoms with van der Waals surface area (Å²) in [4.78, 5) is 15.8. The zero-order valence-corrected chi connectivity index (χ0v) is 19.1. The minimum Gasteiger partial charge on any atom is -0.489 e. The predicted molar refractivity (Wildman–Crippen MR) is 122 cm³/mol. The van der Waals surface area contributed by atoms with Gasteiger partial charge in [0.1, 0.15) is 18.2 Å². The normalized spacial score (nSPS) is 20.0. The van der Waals surface area contributed by atoms with Gasteiger partial charge in [0.15, 0.2) is 0 Å². The molecule has 2 aromatic carbocycles. The van der Waals surface area contributed by atoms with Crippen LogP contribution in [-0.2, 0) is 21.7 Å². The third kappa shape index (κ3) is 5.29. The van der Waals surface area contributed by atoms with E-state index >= 15 is 0 Å². The van der Waals surface area contributed by atoms with E-state index in [9.17, 15) is 14.3 Å². The Morgan fingerprint density at radius 2 is 1.97 bits per heavy atom. The second-order valence-corrected chi connectivity index (χ2v) is 8.67. The molecule has 178 valence electrons. The summed E-state index contributed by atoms with van der Waals surface area (Å²) in [6, 6.07) is 12.0. The molecule has 1 N–H and O–H groups in total. The molecule has 0 spiro atoms. The van der Waals surface area contributed by atoms with Crippen molar-refractivity contribution < 1.29 is 28.5 Å². The molecular weight excluding hydrogens is 427 g/mol. The lowest BCUT2D eigenvalue weighted by Gasteiger charge is -2.36. The maximum Gasteiger partial charge on any atom is 0.324 e. The summed E-state index contributed by atoms with van der Waals surface area (Å²) in [7, 11) is 3.36. The number of likely N-dealkylation sites (tertiary alicyclic amines) is 1. The lowest BCUT2D eigenvalue weighted by molar-refractivity contribution is -0.0950. The summed E-state index contributed by atoms with van der Waals surface area (Å²) >= 11 is 0. The van der Waals surface area contributed by atoms with E-state index in [1.165, 1.54) is 12.1 Å². The van der Waals surface area contributed by atoms with Gasteiger partial charge in [-0.15, -0.1) is 0 Å². The van der Waals surface area contributed by atoms with Crippen LogP contribution in [0.2, 0.25) is 0 Å². The number of amides is 2. The van der Waals surface area contributed by atoms with E-state index in [0.29, 0.717) is 51.3 Å². The minimum atomic E-state index is -0.567. The SMILES string of the molecule is COC1(c2cc(F)cc(OCc3ccc(N(C)C(=O)N4CC[C@@H](O)C4)cc3)c2)CCOCC1. The van der Waals surface area contributed by atoms with Crippen molar-refractivity contribution in [2.24, 2.45) is 0 Å². The number of nitrogens with zero attached hydrogens (tertiary/aromatic N) is 2. The van der Waals surface area contributed by atoms with E-state index in [1.54, 1.807) is 24.0 Å². The van der Waals surface area contributed by atoms with Crippen LogP contribution in [0.1, 0.15) is 30.4 Å². The number of ether oxygens (including phenoxy) is 3. The van der Waals surface area contributed by atoms with Gasteiger partial charge in [-0.05, 0) is 41.8 Å².